The van der Waals surface area contributed by atoms with E-state index in [0.717, 1.165) is 5.75 Å². The summed E-state index contributed by atoms with van der Waals surface area (Å²) >= 11 is 0. The van der Waals surface area contributed by atoms with Gasteiger partial charge in [0.05, 0.1) is 32.9 Å². The minimum atomic E-state index is -0.249. The van der Waals surface area contributed by atoms with E-state index in [-0.39, 0.29) is 11.9 Å². The van der Waals surface area contributed by atoms with Gasteiger partial charge in [-0.2, -0.15) is 0 Å². The van der Waals surface area contributed by atoms with Crippen molar-refractivity contribution in [1.29, 1.82) is 0 Å². The Kier molecular flexibility index (Phi) is 6.51. The fourth-order valence-electron chi connectivity index (χ4n) is 2.30. The van der Waals surface area contributed by atoms with Gasteiger partial charge < -0.3 is 24.3 Å². The van der Waals surface area contributed by atoms with Crippen LogP contribution in [0.4, 0.5) is 0 Å². The van der Waals surface area contributed by atoms with Crippen LogP contribution in [0.3, 0.4) is 0 Å². The Hall–Kier alpha value is -2.89. The van der Waals surface area contributed by atoms with Crippen molar-refractivity contribution in [3.8, 4) is 23.0 Å². The van der Waals surface area contributed by atoms with E-state index in [1.165, 1.54) is 14.2 Å². The van der Waals surface area contributed by atoms with Crippen LogP contribution in [-0.2, 0) is 0 Å². The molecular formula is C19H23NO5. The minimum Gasteiger partial charge on any atom is -0.497 e. The fourth-order valence-corrected chi connectivity index (χ4v) is 2.30. The molecule has 0 unspecified atom stereocenters. The van der Waals surface area contributed by atoms with Crippen LogP contribution >= 0.6 is 0 Å². The zero-order valence-corrected chi connectivity index (χ0v) is 14.9. The van der Waals surface area contributed by atoms with Crippen molar-refractivity contribution in [1.82, 2.24) is 5.32 Å². The van der Waals surface area contributed by atoms with Gasteiger partial charge in [0.1, 0.15) is 18.1 Å². The van der Waals surface area contributed by atoms with Crippen LogP contribution in [0.15, 0.2) is 42.5 Å². The third kappa shape index (κ3) is 4.79. The molecule has 0 bridgehead atoms. The summed E-state index contributed by atoms with van der Waals surface area (Å²) in [6.07, 6.45) is 0. The number of carbonyl (C=O) groups excluding carboxylic acids is 1. The summed E-state index contributed by atoms with van der Waals surface area (Å²) in [5.74, 6) is 2.14. The second-order valence-electron chi connectivity index (χ2n) is 5.40. The highest BCUT2D eigenvalue weighted by Crippen LogP contribution is 2.30. The lowest BCUT2D eigenvalue weighted by atomic mass is 10.1. The van der Waals surface area contributed by atoms with Gasteiger partial charge >= 0.3 is 0 Å². The summed E-state index contributed by atoms with van der Waals surface area (Å²) in [5, 5.41) is 2.89. The van der Waals surface area contributed by atoms with Gasteiger partial charge in [-0.15, -0.1) is 0 Å². The number of ether oxygens (including phenoxy) is 4. The first-order valence-corrected chi connectivity index (χ1v) is 7.87. The number of benzene rings is 2. The smallest absolute Gasteiger partial charge is 0.255 e. The number of methoxy groups -OCH3 is 3. The average molecular weight is 345 g/mol. The fraction of sp³-hybridized carbons (Fsp3) is 0.316. The van der Waals surface area contributed by atoms with Gasteiger partial charge in [0, 0.05) is 0 Å². The van der Waals surface area contributed by atoms with Gasteiger partial charge in [-0.05, 0) is 43.3 Å². The summed E-state index contributed by atoms with van der Waals surface area (Å²) in [5.41, 5.74) is 0.415. The third-order valence-electron chi connectivity index (χ3n) is 3.58. The van der Waals surface area contributed by atoms with Crippen LogP contribution in [0, 0.1) is 0 Å². The van der Waals surface area contributed by atoms with Crippen molar-refractivity contribution in [3.05, 3.63) is 48.0 Å². The molecule has 0 heterocycles. The number of hydrogen-bond donors (Lipinski definition) is 1. The van der Waals surface area contributed by atoms with Gasteiger partial charge in [0.25, 0.3) is 5.91 Å². The molecule has 0 fully saturated rings. The Morgan fingerprint density at radius 1 is 0.960 bits per heavy atom. The first-order chi connectivity index (χ1) is 12.1. The largest absolute Gasteiger partial charge is 0.497 e. The molecule has 2 aromatic rings. The van der Waals surface area contributed by atoms with E-state index in [1.807, 2.05) is 31.2 Å². The molecule has 2 aromatic carbocycles. The molecule has 1 amide bonds. The molecule has 0 saturated heterocycles. The zero-order valence-electron chi connectivity index (χ0n) is 14.9. The molecule has 1 N–H and O–H groups in total. The van der Waals surface area contributed by atoms with Crippen molar-refractivity contribution in [2.24, 2.45) is 0 Å². The Labute approximate surface area is 147 Å². The predicted molar refractivity (Wildman–Crippen MR) is 95.0 cm³/mol. The van der Waals surface area contributed by atoms with Crippen LogP contribution in [0.1, 0.15) is 17.3 Å². The van der Waals surface area contributed by atoms with Crippen LogP contribution < -0.4 is 24.3 Å². The van der Waals surface area contributed by atoms with E-state index < -0.39 is 0 Å². The Morgan fingerprint density at radius 3 is 2.24 bits per heavy atom. The first kappa shape index (κ1) is 18.4. The van der Waals surface area contributed by atoms with Gasteiger partial charge in [-0.3, -0.25) is 4.79 Å². The van der Waals surface area contributed by atoms with Crippen molar-refractivity contribution >= 4 is 5.91 Å². The quantitative estimate of drug-likeness (QED) is 0.797. The Balaban J connectivity index is 1.95. The van der Waals surface area contributed by atoms with Crippen LogP contribution in [0.5, 0.6) is 23.0 Å². The van der Waals surface area contributed by atoms with Crippen molar-refractivity contribution in [2.75, 3.05) is 27.9 Å². The lowest BCUT2D eigenvalue weighted by Crippen LogP contribution is -2.37. The third-order valence-corrected chi connectivity index (χ3v) is 3.58. The maximum absolute atomic E-state index is 12.5. The number of rotatable bonds is 8. The summed E-state index contributed by atoms with van der Waals surface area (Å²) < 4.78 is 21.3. The molecule has 0 aliphatic carbocycles. The second-order valence-corrected chi connectivity index (χ2v) is 5.40. The molecule has 0 saturated carbocycles. The average Bonchev–Trinajstić information content (AvgIpc) is 2.65. The van der Waals surface area contributed by atoms with E-state index in [4.69, 9.17) is 18.9 Å². The molecule has 0 spiro atoms. The standard InChI is InChI=1S/C19H23NO5/c1-13(12-25-15-10-8-14(22-2)9-11-15)20-19(21)16-6-5-7-17(23-3)18(16)24-4/h5-11,13H,12H2,1-4H3,(H,20,21)/t13-/m1/s1. The number of nitrogens with one attached hydrogen (secondary N) is 1. The SMILES string of the molecule is COc1ccc(OC[C@@H](C)NC(=O)c2cccc(OC)c2OC)cc1. The first-order valence-electron chi connectivity index (χ1n) is 7.87. The second kappa shape index (κ2) is 8.82. The number of hydrogen-bond acceptors (Lipinski definition) is 5. The molecule has 134 valence electrons. The Morgan fingerprint density at radius 2 is 1.64 bits per heavy atom. The predicted octanol–water partition coefficient (Wildman–Crippen LogP) is 2.91. The monoisotopic (exact) mass is 345 g/mol. The van der Waals surface area contributed by atoms with Crippen LogP contribution in [-0.4, -0.2) is 39.9 Å². The molecule has 25 heavy (non-hydrogen) atoms. The highest BCUT2D eigenvalue weighted by Gasteiger charge is 2.18. The molecule has 2 rings (SSSR count). The van der Waals surface area contributed by atoms with Crippen molar-refractivity contribution in [3.63, 3.8) is 0 Å². The van der Waals surface area contributed by atoms with E-state index in [9.17, 15) is 4.79 Å². The molecule has 0 aromatic heterocycles. The van der Waals surface area contributed by atoms with Crippen molar-refractivity contribution < 1.29 is 23.7 Å². The molecule has 6 heteroatoms. The maximum atomic E-state index is 12.5. The topological polar surface area (TPSA) is 66.0 Å². The lowest BCUT2D eigenvalue weighted by molar-refractivity contribution is 0.0923. The van der Waals surface area contributed by atoms with Gasteiger partial charge in [0.2, 0.25) is 0 Å². The molecule has 6 nitrogen and oxygen atoms in total. The Bertz CT molecular complexity index is 699. The molecule has 1 atom stereocenters. The normalized spacial score (nSPS) is 11.4. The summed E-state index contributed by atoms with van der Waals surface area (Å²) in [6.45, 7) is 2.21. The maximum Gasteiger partial charge on any atom is 0.255 e. The highest BCUT2D eigenvalue weighted by molar-refractivity contribution is 5.98. The van der Waals surface area contributed by atoms with E-state index in [2.05, 4.69) is 5.32 Å². The molecule has 0 aliphatic heterocycles. The van der Waals surface area contributed by atoms with Crippen LogP contribution in [0.2, 0.25) is 0 Å². The van der Waals surface area contributed by atoms with E-state index >= 15 is 0 Å². The van der Waals surface area contributed by atoms with Gasteiger partial charge in [0.15, 0.2) is 11.5 Å². The number of carbonyl (C=O) groups is 1. The zero-order chi connectivity index (χ0) is 18.2. The van der Waals surface area contributed by atoms with E-state index in [1.54, 1.807) is 25.3 Å². The summed E-state index contributed by atoms with van der Waals surface area (Å²) in [4.78, 5) is 12.5. The lowest BCUT2D eigenvalue weighted by Gasteiger charge is -2.17. The van der Waals surface area contributed by atoms with Crippen molar-refractivity contribution in [2.45, 2.75) is 13.0 Å². The van der Waals surface area contributed by atoms with Gasteiger partial charge in [-0.25, -0.2) is 0 Å². The molecule has 0 aliphatic rings. The summed E-state index contributed by atoms with van der Waals surface area (Å²) in [6, 6.07) is 12.3. The van der Waals surface area contributed by atoms with E-state index in [0.29, 0.717) is 29.4 Å². The number of para-hydroxylation sites is 1. The molecular weight excluding hydrogens is 322 g/mol. The number of amides is 1. The van der Waals surface area contributed by atoms with Gasteiger partial charge in [-0.1, -0.05) is 6.07 Å². The van der Waals surface area contributed by atoms with Crippen LogP contribution in [0.25, 0.3) is 0 Å². The summed E-state index contributed by atoms with van der Waals surface area (Å²) in [7, 11) is 4.65. The molecule has 0 radical (unpaired) electrons. The highest BCUT2D eigenvalue weighted by atomic mass is 16.5. The minimum absolute atomic E-state index is 0.189.